The van der Waals surface area contributed by atoms with Crippen molar-refractivity contribution in [3.8, 4) is 0 Å². The second-order valence-corrected chi connectivity index (χ2v) is 10.5. The number of azo groups is 2. The third kappa shape index (κ3) is 9.75. The van der Waals surface area contributed by atoms with Crippen molar-refractivity contribution in [3.05, 3.63) is 84.4 Å². The van der Waals surface area contributed by atoms with Crippen molar-refractivity contribution in [2.45, 2.75) is 13.8 Å². The molecule has 0 aliphatic heterocycles. The van der Waals surface area contributed by atoms with Crippen LogP contribution in [0.2, 0.25) is 0 Å². The fourth-order valence-electron chi connectivity index (χ4n) is 2.34. The number of nitrogens with zero attached hydrogens (tertiary/aromatic N) is 8. The van der Waals surface area contributed by atoms with Crippen molar-refractivity contribution in [1.29, 1.82) is 0 Å². The molecule has 0 fully saturated rings. The maximum absolute atomic E-state index is 4.90. The van der Waals surface area contributed by atoms with Gasteiger partial charge >= 0.3 is 34.7 Å². The van der Waals surface area contributed by atoms with E-state index in [1.165, 1.54) is 11.1 Å². The summed E-state index contributed by atoms with van der Waals surface area (Å²) in [6.07, 6.45) is 7.07. The molecule has 174 valence electrons. The Balaban J connectivity index is 0.000000209. The topological polar surface area (TPSA) is 85.1 Å². The van der Waals surface area contributed by atoms with Gasteiger partial charge in [0.1, 0.15) is 0 Å². The average molecular weight is 662 g/mol. The van der Waals surface area contributed by atoms with Gasteiger partial charge in [0.25, 0.3) is 0 Å². The van der Waals surface area contributed by atoms with Gasteiger partial charge in [-0.3, -0.25) is 0 Å². The summed E-state index contributed by atoms with van der Waals surface area (Å²) in [7, 11) is 13.6. The number of benzene rings is 2. The maximum atomic E-state index is 4.90. The first-order valence-electron chi connectivity index (χ1n) is 9.69. The average Bonchev–Trinajstić information content (AvgIpc) is 3.41. The van der Waals surface area contributed by atoms with Crippen LogP contribution in [0, 0.1) is 13.8 Å². The van der Waals surface area contributed by atoms with E-state index >= 15 is 0 Å². The minimum atomic E-state index is -0.639. The number of aryl methyl sites for hydroxylation is 4. The zero-order valence-electron chi connectivity index (χ0n) is 18.6. The van der Waals surface area contributed by atoms with E-state index in [0.29, 0.717) is 11.9 Å². The summed E-state index contributed by atoms with van der Waals surface area (Å²) < 4.78 is 3.63. The van der Waals surface area contributed by atoms with Crippen LogP contribution in [0.1, 0.15) is 11.1 Å². The number of aromatic nitrogens is 4. The molecule has 33 heavy (non-hydrogen) atoms. The Labute approximate surface area is 209 Å². The molecule has 11 heteroatoms. The van der Waals surface area contributed by atoms with Crippen molar-refractivity contribution >= 4 is 42.5 Å². The monoisotopic (exact) mass is 662 g/mol. The molecule has 0 aliphatic rings. The van der Waals surface area contributed by atoms with Crippen molar-refractivity contribution in [1.82, 2.24) is 19.1 Å². The van der Waals surface area contributed by atoms with Gasteiger partial charge in [-0.1, -0.05) is 35.4 Å². The van der Waals surface area contributed by atoms with Crippen LogP contribution in [0.15, 0.2) is 93.8 Å². The molecule has 2 aromatic carbocycles. The van der Waals surface area contributed by atoms with E-state index in [2.05, 4.69) is 30.4 Å². The van der Waals surface area contributed by atoms with Gasteiger partial charge in [0, 0.05) is 38.9 Å². The molecule has 4 aromatic rings. The van der Waals surface area contributed by atoms with Gasteiger partial charge in [0.05, 0.1) is 11.4 Å². The quantitative estimate of drug-likeness (QED) is 0.210. The summed E-state index contributed by atoms with van der Waals surface area (Å²) in [6.45, 7) is 4.08. The number of halogens is 2. The van der Waals surface area contributed by atoms with Crippen LogP contribution < -0.4 is 0 Å². The SMILES string of the molecule is Cc1ccc(N=Nc2nccn2C)cc1.Cc1ccc(N=Nc2nccn2C)cc1.[Cl][Os][Cl]. The first-order chi connectivity index (χ1) is 15.9. The van der Waals surface area contributed by atoms with E-state index in [9.17, 15) is 0 Å². The van der Waals surface area contributed by atoms with E-state index < -0.39 is 15.4 Å². The van der Waals surface area contributed by atoms with E-state index in [-0.39, 0.29) is 0 Å². The standard InChI is InChI=1S/2C11H12N4.2ClH.Os/c2*1-9-3-5-10(6-4-9)13-14-11-12-7-8-15(11)2;;;/h2*3-8H,1-2H3;2*1H;/q;;;;+2/p-2. The van der Waals surface area contributed by atoms with Gasteiger partial charge in [0.15, 0.2) is 0 Å². The number of imidazole rings is 2. The summed E-state index contributed by atoms with van der Waals surface area (Å²) in [4.78, 5) is 8.10. The Bertz CT molecular complexity index is 1060. The molecule has 0 spiro atoms. The molecular weight excluding hydrogens is 637 g/mol. The molecule has 0 radical (unpaired) electrons. The van der Waals surface area contributed by atoms with Gasteiger partial charge in [0.2, 0.25) is 11.9 Å². The summed E-state index contributed by atoms with van der Waals surface area (Å²) in [5.74, 6) is 1.21. The first kappa shape index (κ1) is 26.5. The van der Waals surface area contributed by atoms with Crippen LogP contribution in [-0.2, 0) is 29.5 Å². The zero-order chi connectivity index (χ0) is 24.1. The molecule has 0 N–H and O–H groups in total. The molecule has 2 aromatic heterocycles. The van der Waals surface area contributed by atoms with E-state index in [0.717, 1.165) is 11.4 Å². The van der Waals surface area contributed by atoms with Crippen molar-refractivity contribution in [3.63, 3.8) is 0 Å². The minimum absolute atomic E-state index is 0.607. The molecule has 4 rings (SSSR count). The first-order valence-corrected chi connectivity index (χ1v) is 16.0. The molecule has 0 aliphatic carbocycles. The van der Waals surface area contributed by atoms with Crippen LogP contribution in [0.3, 0.4) is 0 Å². The Hall–Kier alpha value is -2.72. The van der Waals surface area contributed by atoms with E-state index in [1.807, 2.05) is 98.0 Å². The molecule has 0 atom stereocenters. The molecule has 0 saturated heterocycles. The van der Waals surface area contributed by atoms with Crippen molar-refractivity contribution < 1.29 is 15.4 Å². The van der Waals surface area contributed by atoms with Crippen LogP contribution in [0.5, 0.6) is 0 Å². The number of hydrogen-bond donors (Lipinski definition) is 0. The normalized spacial score (nSPS) is 10.7. The molecule has 0 amide bonds. The van der Waals surface area contributed by atoms with Crippen molar-refractivity contribution in [2.75, 3.05) is 0 Å². The third-order valence-electron chi connectivity index (χ3n) is 4.17. The summed E-state index contributed by atoms with van der Waals surface area (Å²) in [6, 6.07) is 15.8. The second kappa shape index (κ2) is 14.4. The molecule has 0 bridgehead atoms. The van der Waals surface area contributed by atoms with Crippen LogP contribution in [-0.4, -0.2) is 19.1 Å². The summed E-state index contributed by atoms with van der Waals surface area (Å²) in [5.41, 5.74) is 4.10. The number of rotatable bonds is 4. The van der Waals surface area contributed by atoms with Gasteiger partial charge in [-0.25, -0.2) is 9.97 Å². The Morgan fingerprint density at radius 2 is 0.970 bits per heavy atom. The predicted octanol–water partition coefficient (Wildman–Crippen LogP) is 7.66. The van der Waals surface area contributed by atoms with Gasteiger partial charge in [-0.05, 0) is 38.1 Å². The summed E-state index contributed by atoms with van der Waals surface area (Å²) in [5, 5.41) is 16.3. The van der Waals surface area contributed by atoms with Crippen LogP contribution >= 0.6 is 19.3 Å². The van der Waals surface area contributed by atoms with E-state index in [4.69, 9.17) is 19.3 Å². The van der Waals surface area contributed by atoms with Crippen molar-refractivity contribution in [2.24, 2.45) is 34.6 Å². The molecular formula is C22H24Cl2N8Os. The fraction of sp³-hybridized carbons (Fsp3) is 0.182. The molecule has 0 unspecified atom stereocenters. The third-order valence-corrected chi connectivity index (χ3v) is 4.17. The predicted molar refractivity (Wildman–Crippen MR) is 129 cm³/mol. The second-order valence-electron chi connectivity index (χ2n) is 6.80. The van der Waals surface area contributed by atoms with Crippen LogP contribution in [0.25, 0.3) is 0 Å². The van der Waals surface area contributed by atoms with Crippen LogP contribution in [0.4, 0.5) is 23.3 Å². The van der Waals surface area contributed by atoms with Gasteiger partial charge in [-0.2, -0.15) is 0 Å². The molecule has 8 nitrogen and oxygen atoms in total. The van der Waals surface area contributed by atoms with Gasteiger partial charge < -0.3 is 9.13 Å². The summed E-state index contributed by atoms with van der Waals surface area (Å²) >= 11 is -0.639. The van der Waals surface area contributed by atoms with E-state index in [1.54, 1.807) is 12.4 Å². The molecule has 0 saturated carbocycles. The Morgan fingerprint density at radius 1 is 0.636 bits per heavy atom. The molecule has 2 heterocycles. The van der Waals surface area contributed by atoms with Gasteiger partial charge in [-0.15, -0.1) is 20.5 Å². The fourth-order valence-corrected chi connectivity index (χ4v) is 2.34. The number of hydrogen-bond acceptors (Lipinski definition) is 6. The zero-order valence-corrected chi connectivity index (χ0v) is 22.7. The Morgan fingerprint density at radius 3 is 1.24 bits per heavy atom. The Kier molecular flexibility index (Phi) is 11.6.